The van der Waals surface area contributed by atoms with E-state index in [1.807, 2.05) is 17.8 Å². The molecule has 1 aliphatic rings. The summed E-state index contributed by atoms with van der Waals surface area (Å²) in [6.07, 6.45) is 4.82. The van der Waals surface area contributed by atoms with Crippen LogP contribution in [0, 0.1) is 0 Å². The van der Waals surface area contributed by atoms with E-state index in [2.05, 4.69) is 29.6 Å². The van der Waals surface area contributed by atoms with E-state index in [0.717, 1.165) is 19.4 Å². The summed E-state index contributed by atoms with van der Waals surface area (Å²) in [6, 6.07) is 10.4. The van der Waals surface area contributed by atoms with Gasteiger partial charge in [0.25, 0.3) is 0 Å². The van der Waals surface area contributed by atoms with E-state index >= 15 is 0 Å². The molecule has 4 heteroatoms. The average molecular weight is 264 g/mol. The molecule has 18 heavy (non-hydrogen) atoms. The van der Waals surface area contributed by atoms with Crippen molar-refractivity contribution in [2.75, 3.05) is 13.1 Å². The van der Waals surface area contributed by atoms with Crippen LogP contribution >= 0.6 is 11.8 Å². The Morgan fingerprint density at radius 3 is 2.56 bits per heavy atom. The van der Waals surface area contributed by atoms with Crippen molar-refractivity contribution in [1.29, 1.82) is 0 Å². The minimum atomic E-state index is -0.0602. The average Bonchev–Trinajstić information content (AvgIpc) is 2.86. The minimum absolute atomic E-state index is 0.0602. The van der Waals surface area contributed by atoms with Crippen LogP contribution in [0.5, 0.6) is 0 Å². The summed E-state index contributed by atoms with van der Waals surface area (Å²) in [5.74, 6) is -0.0602. The van der Waals surface area contributed by atoms with Crippen molar-refractivity contribution >= 4 is 17.7 Å². The maximum Gasteiger partial charge on any atom is 0.233 e. The number of carbonyl (C=O) groups excluding carboxylic acids is 1. The quantitative estimate of drug-likeness (QED) is 0.857. The zero-order valence-corrected chi connectivity index (χ0v) is 11.3. The highest BCUT2D eigenvalue weighted by Gasteiger charge is 2.35. The predicted molar refractivity (Wildman–Crippen MR) is 75.6 cm³/mol. The van der Waals surface area contributed by atoms with E-state index in [1.54, 1.807) is 0 Å². The molecule has 1 aromatic rings. The highest BCUT2D eigenvalue weighted by molar-refractivity contribution is 8.00. The molecule has 2 rings (SSSR count). The zero-order valence-electron chi connectivity index (χ0n) is 10.5. The van der Waals surface area contributed by atoms with Crippen LogP contribution in [0.25, 0.3) is 0 Å². The van der Waals surface area contributed by atoms with Crippen LogP contribution in [0.2, 0.25) is 0 Å². The van der Waals surface area contributed by atoms with Crippen molar-refractivity contribution in [2.45, 2.75) is 35.3 Å². The van der Waals surface area contributed by atoms with Crippen LogP contribution < -0.4 is 11.1 Å². The lowest BCUT2D eigenvalue weighted by molar-refractivity contribution is -0.119. The Hall–Kier alpha value is -1.00. The topological polar surface area (TPSA) is 55.1 Å². The largest absolute Gasteiger partial charge is 0.354 e. The van der Waals surface area contributed by atoms with E-state index in [1.165, 1.54) is 17.7 Å². The molecule has 1 aliphatic carbocycles. The number of carbonyl (C=O) groups is 1. The van der Waals surface area contributed by atoms with Gasteiger partial charge in [0.2, 0.25) is 5.91 Å². The Kier molecular flexibility index (Phi) is 4.66. The van der Waals surface area contributed by atoms with Crippen molar-refractivity contribution in [1.82, 2.24) is 5.32 Å². The first-order valence-electron chi connectivity index (χ1n) is 6.45. The van der Waals surface area contributed by atoms with Gasteiger partial charge in [-0.1, -0.05) is 31.0 Å². The summed E-state index contributed by atoms with van der Waals surface area (Å²) in [5.41, 5.74) is 5.33. The number of hydrogen-bond acceptors (Lipinski definition) is 3. The first-order valence-corrected chi connectivity index (χ1v) is 7.27. The van der Waals surface area contributed by atoms with Gasteiger partial charge in [-0.25, -0.2) is 0 Å². The molecule has 0 aromatic heterocycles. The third kappa shape index (κ3) is 3.50. The molecule has 0 spiro atoms. The van der Waals surface area contributed by atoms with Gasteiger partial charge in [0.15, 0.2) is 0 Å². The molecule has 1 aromatic carbocycles. The molecule has 3 nitrogen and oxygen atoms in total. The van der Waals surface area contributed by atoms with Gasteiger partial charge in [0, 0.05) is 16.2 Å². The predicted octanol–water partition coefficient (Wildman–Crippen LogP) is 2.17. The van der Waals surface area contributed by atoms with Crippen LogP contribution in [-0.4, -0.2) is 23.7 Å². The second-order valence-corrected chi connectivity index (χ2v) is 6.33. The summed E-state index contributed by atoms with van der Waals surface area (Å²) >= 11 is 1.90. The third-order valence-electron chi connectivity index (χ3n) is 3.39. The summed E-state index contributed by atoms with van der Waals surface area (Å²) in [7, 11) is 0. The molecule has 0 unspecified atom stereocenters. The molecule has 1 saturated carbocycles. The van der Waals surface area contributed by atoms with Gasteiger partial charge in [0.05, 0.1) is 6.54 Å². The van der Waals surface area contributed by atoms with E-state index in [-0.39, 0.29) is 17.2 Å². The summed E-state index contributed by atoms with van der Waals surface area (Å²) < 4.78 is 0.159. The SMILES string of the molecule is NCC(=O)NCC1(Sc2ccccc2)CCCC1. The summed E-state index contributed by atoms with van der Waals surface area (Å²) in [5, 5.41) is 2.95. The Morgan fingerprint density at radius 1 is 1.28 bits per heavy atom. The first kappa shape index (κ1) is 13.4. The fourth-order valence-electron chi connectivity index (χ4n) is 2.40. The number of benzene rings is 1. The number of nitrogens with two attached hydrogens (primary N) is 1. The minimum Gasteiger partial charge on any atom is -0.354 e. The van der Waals surface area contributed by atoms with Gasteiger partial charge >= 0.3 is 0 Å². The number of rotatable bonds is 5. The van der Waals surface area contributed by atoms with E-state index < -0.39 is 0 Å². The third-order valence-corrected chi connectivity index (χ3v) is 4.88. The van der Waals surface area contributed by atoms with Crippen molar-refractivity contribution < 1.29 is 4.79 Å². The van der Waals surface area contributed by atoms with Crippen molar-refractivity contribution in [2.24, 2.45) is 5.73 Å². The molecule has 0 radical (unpaired) electrons. The first-order chi connectivity index (χ1) is 8.74. The standard InChI is InChI=1S/C14H20N2OS/c15-10-13(17)16-11-14(8-4-5-9-14)18-12-6-2-1-3-7-12/h1-3,6-7H,4-5,8-11,15H2,(H,16,17). The maximum absolute atomic E-state index is 11.3. The Balaban J connectivity index is 2.00. The van der Waals surface area contributed by atoms with E-state index in [9.17, 15) is 4.79 Å². The molecule has 0 bridgehead atoms. The van der Waals surface area contributed by atoms with Crippen LogP contribution in [0.1, 0.15) is 25.7 Å². The van der Waals surface area contributed by atoms with Gasteiger partial charge in [-0.05, 0) is 25.0 Å². The second-order valence-electron chi connectivity index (χ2n) is 4.79. The van der Waals surface area contributed by atoms with Crippen molar-refractivity contribution in [3.63, 3.8) is 0 Å². The Labute approximate surface area is 113 Å². The van der Waals surface area contributed by atoms with Crippen molar-refractivity contribution in [3.05, 3.63) is 30.3 Å². The van der Waals surface area contributed by atoms with Crippen molar-refractivity contribution in [3.8, 4) is 0 Å². The molecule has 0 heterocycles. The van der Waals surface area contributed by atoms with Crippen LogP contribution in [0.4, 0.5) is 0 Å². The maximum atomic E-state index is 11.3. The number of nitrogens with one attached hydrogen (secondary N) is 1. The van der Waals surface area contributed by atoms with Crippen LogP contribution in [0.15, 0.2) is 35.2 Å². The molecular formula is C14H20N2OS. The zero-order chi connectivity index (χ0) is 12.8. The number of hydrogen-bond donors (Lipinski definition) is 2. The van der Waals surface area contributed by atoms with Gasteiger partial charge in [-0.3, -0.25) is 4.79 Å². The van der Waals surface area contributed by atoms with Gasteiger partial charge < -0.3 is 11.1 Å². The van der Waals surface area contributed by atoms with Crippen LogP contribution in [-0.2, 0) is 4.79 Å². The lowest BCUT2D eigenvalue weighted by Gasteiger charge is -2.28. The molecule has 1 amide bonds. The van der Waals surface area contributed by atoms with Crippen LogP contribution in [0.3, 0.4) is 0 Å². The lowest BCUT2D eigenvalue weighted by Crippen LogP contribution is -2.41. The fourth-order valence-corrected chi connectivity index (χ4v) is 3.83. The molecule has 3 N–H and O–H groups in total. The second kappa shape index (κ2) is 6.25. The van der Waals surface area contributed by atoms with E-state index in [0.29, 0.717) is 0 Å². The number of amides is 1. The van der Waals surface area contributed by atoms with Gasteiger partial charge in [-0.15, -0.1) is 11.8 Å². The monoisotopic (exact) mass is 264 g/mol. The Bertz CT molecular complexity index is 388. The molecular weight excluding hydrogens is 244 g/mol. The normalized spacial score (nSPS) is 17.6. The van der Waals surface area contributed by atoms with E-state index in [4.69, 9.17) is 5.73 Å². The summed E-state index contributed by atoms with van der Waals surface area (Å²) in [4.78, 5) is 12.6. The molecule has 98 valence electrons. The Morgan fingerprint density at radius 2 is 1.94 bits per heavy atom. The molecule has 0 aliphatic heterocycles. The summed E-state index contributed by atoms with van der Waals surface area (Å²) in [6.45, 7) is 0.800. The lowest BCUT2D eigenvalue weighted by atomic mass is 10.1. The highest BCUT2D eigenvalue weighted by Crippen LogP contribution is 2.44. The molecule has 0 saturated heterocycles. The van der Waals surface area contributed by atoms with Gasteiger partial charge in [0.1, 0.15) is 0 Å². The fraction of sp³-hybridized carbons (Fsp3) is 0.500. The molecule has 1 fully saturated rings. The smallest absolute Gasteiger partial charge is 0.233 e. The number of thioether (sulfide) groups is 1. The highest BCUT2D eigenvalue weighted by atomic mass is 32.2. The molecule has 0 atom stereocenters. The van der Waals surface area contributed by atoms with Gasteiger partial charge in [-0.2, -0.15) is 0 Å².